The second kappa shape index (κ2) is 14.1. The fraction of sp³-hybridized carbons (Fsp3) is 0.156. The van der Waals surface area contributed by atoms with E-state index in [0.29, 0.717) is 0 Å². The van der Waals surface area contributed by atoms with Crippen molar-refractivity contribution in [2.45, 2.75) is 63.2 Å². The molecule has 3 aliphatic carbocycles. The summed E-state index contributed by atoms with van der Waals surface area (Å²) in [5, 5.41) is 0. The van der Waals surface area contributed by atoms with Gasteiger partial charge in [0.05, 0.1) is 10.8 Å². The summed E-state index contributed by atoms with van der Waals surface area (Å²) >= 11 is 0. The Morgan fingerprint density at radius 3 is 1.32 bits per heavy atom. The van der Waals surface area contributed by atoms with Crippen LogP contribution in [0.25, 0.3) is 33.4 Å². The molecular formula is C64H53N. The molecule has 0 saturated carbocycles. The highest BCUT2D eigenvalue weighted by atomic mass is 15.1. The summed E-state index contributed by atoms with van der Waals surface area (Å²) in [4.78, 5) is 2.49. The van der Waals surface area contributed by atoms with Crippen LogP contribution in [-0.4, -0.2) is 0 Å². The summed E-state index contributed by atoms with van der Waals surface area (Å²) in [6.45, 7) is 14.0. The first-order valence-electron chi connectivity index (χ1n) is 23.3. The van der Waals surface area contributed by atoms with Gasteiger partial charge in [0.25, 0.3) is 0 Å². The second-order valence-electron chi connectivity index (χ2n) is 20.4. The lowest BCUT2D eigenvalue weighted by Gasteiger charge is -2.35. The average Bonchev–Trinajstić information content (AvgIpc) is 3.92. The lowest BCUT2D eigenvalue weighted by Crippen LogP contribution is -2.29. The van der Waals surface area contributed by atoms with Crippen molar-refractivity contribution < 1.29 is 0 Å². The van der Waals surface area contributed by atoms with Gasteiger partial charge in [0.1, 0.15) is 0 Å². The first-order valence-corrected chi connectivity index (χ1v) is 23.3. The minimum atomic E-state index is -0.534. The lowest BCUT2D eigenvalue weighted by atomic mass is 9.67. The Labute approximate surface area is 384 Å². The number of hydrogen-bond donors (Lipinski definition) is 0. The van der Waals surface area contributed by atoms with E-state index in [-0.39, 0.29) is 10.8 Å². The van der Waals surface area contributed by atoms with E-state index < -0.39 is 10.8 Å². The molecule has 314 valence electrons. The maximum Gasteiger partial charge on any atom is 0.0726 e. The van der Waals surface area contributed by atoms with E-state index in [4.69, 9.17) is 0 Å². The zero-order chi connectivity index (χ0) is 44.3. The minimum absolute atomic E-state index is 0.0340. The molecule has 9 aromatic rings. The molecular weight excluding hydrogens is 783 g/mol. The van der Waals surface area contributed by atoms with Crippen molar-refractivity contribution in [1.29, 1.82) is 0 Å². The SMILES string of the molecule is CC(C)(C)c1ccc(C2(c3ccccc3)c3ccccc3-c3ccc(N(c4ccccc4)c4ccc5c(c4)C4(c6ccccc6-5)c5ccccc5-c5c(C(C)(C)C)cccc54)cc32)cc1. The van der Waals surface area contributed by atoms with Crippen LogP contribution in [0.2, 0.25) is 0 Å². The van der Waals surface area contributed by atoms with Crippen molar-refractivity contribution in [3.05, 3.63) is 268 Å². The van der Waals surface area contributed by atoms with Crippen LogP contribution in [0.1, 0.15) is 97.2 Å². The normalized spacial score (nSPS) is 17.5. The highest BCUT2D eigenvalue weighted by molar-refractivity contribution is 5.98. The van der Waals surface area contributed by atoms with Gasteiger partial charge in [-0.25, -0.2) is 0 Å². The monoisotopic (exact) mass is 835 g/mol. The number of fused-ring (bicyclic) bond motifs is 13. The quantitative estimate of drug-likeness (QED) is 0.167. The van der Waals surface area contributed by atoms with Crippen molar-refractivity contribution in [1.82, 2.24) is 0 Å². The highest BCUT2D eigenvalue weighted by Gasteiger charge is 2.53. The zero-order valence-electron chi connectivity index (χ0n) is 38.2. The molecule has 0 N–H and O–H groups in total. The van der Waals surface area contributed by atoms with Crippen LogP contribution in [0, 0.1) is 0 Å². The third-order valence-corrected chi connectivity index (χ3v) is 14.9. The molecule has 0 saturated heterocycles. The molecule has 12 rings (SSSR count). The molecule has 9 aromatic carbocycles. The third kappa shape index (κ3) is 5.51. The van der Waals surface area contributed by atoms with E-state index in [0.717, 1.165) is 17.1 Å². The lowest BCUT2D eigenvalue weighted by molar-refractivity contribution is 0.589. The highest BCUT2D eigenvalue weighted by Crippen LogP contribution is 2.65. The van der Waals surface area contributed by atoms with E-state index >= 15 is 0 Å². The summed E-state index contributed by atoms with van der Waals surface area (Å²) in [5.41, 5.74) is 23.6. The fourth-order valence-electron chi connectivity index (χ4n) is 12.1. The molecule has 0 heterocycles. The molecule has 65 heavy (non-hydrogen) atoms. The molecule has 2 atom stereocenters. The molecule has 1 spiro atoms. The number of anilines is 3. The fourth-order valence-corrected chi connectivity index (χ4v) is 12.1. The van der Waals surface area contributed by atoms with E-state index in [1.807, 2.05) is 0 Å². The number of nitrogens with zero attached hydrogens (tertiary/aromatic N) is 1. The van der Waals surface area contributed by atoms with Crippen molar-refractivity contribution in [2.75, 3.05) is 4.90 Å². The maximum atomic E-state index is 2.52. The van der Waals surface area contributed by atoms with Crippen LogP contribution in [0.5, 0.6) is 0 Å². The van der Waals surface area contributed by atoms with Gasteiger partial charge in [0.2, 0.25) is 0 Å². The Hall–Kier alpha value is -7.22. The molecule has 1 nitrogen and oxygen atoms in total. The van der Waals surface area contributed by atoms with Crippen molar-refractivity contribution >= 4 is 17.1 Å². The summed E-state index contributed by atoms with van der Waals surface area (Å²) in [6.07, 6.45) is 0. The third-order valence-electron chi connectivity index (χ3n) is 14.9. The summed E-state index contributed by atoms with van der Waals surface area (Å²) in [6, 6.07) is 80.6. The molecule has 0 amide bonds. The second-order valence-corrected chi connectivity index (χ2v) is 20.4. The summed E-state index contributed by atoms with van der Waals surface area (Å²) < 4.78 is 0. The van der Waals surface area contributed by atoms with Crippen molar-refractivity contribution in [2.24, 2.45) is 0 Å². The topological polar surface area (TPSA) is 3.24 Å². The number of benzene rings is 9. The Morgan fingerprint density at radius 1 is 0.308 bits per heavy atom. The molecule has 0 bridgehead atoms. The van der Waals surface area contributed by atoms with Gasteiger partial charge in [-0.2, -0.15) is 0 Å². The van der Waals surface area contributed by atoms with Crippen LogP contribution in [0.4, 0.5) is 17.1 Å². The van der Waals surface area contributed by atoms with Crippen molar-refractivity contribution in [3.63, 3.8) is 0 Å². The van der Waals surface area contributed by atoms with E-state index in [2.05, 4.69) is 259 Å². The van der Waals surface area contributed by atoms with Crippen molar-refractivity contribution in [3.8, 4) is 33.4 Å². The minimum Gasteiger partial charge on any atom is -0.310 e. The van der Waals surface area contributed by atoms with Crippen LogP contribution in [-0.2, 0) is 21.7 Å². The number of hydrogen-bond acceptors (Lipinski definition) is 1. The van der Waals surface area contributed by atoms with Gasteiger partial charge in [-0.3, -0.25) is 0 Å². The summed E-state index contributed by atoms with van der Waals surface area (Å²) in [5.74, 6) is 0. The van der Waals surface area contributed by atoms with Gasteiger partial charge in [-0.1, -0.05) is 217 Å². The van der Waals surface area contributed by atoms with E-state index in [9.17, 15) is 0 Å². The first kappa shape index (κ1) is 39.4. The maximum absolute atomic E-state index is 2.52. The molecule has 1 heteroatoms. The van der Waals surface area contributed by atoms with Crippen LogP contribution in [0.15, 0.2) is 212 Å². The molecule has 0 aliphatic heterocycles. The average molecular weight is 836 g/mol. The van der Waals surface area contributed by atoms with Crippen LogP contribution >= 0.6 is 0 Å². The van der Waals surface area contributed by atoms with Gasteiger partial charge < -0.3 is 4.90 Å². The van der Waals surface area contributed by atoms with Gasteiger partial charge in [-0.15, -0.1) is 0 Å². The van der Waals surface area contributed by atoms with E-state index in [1.54, 1.807) is 0 Å². The van der Waals surface area contributed by atoms with E-state index in [1.165, 1.54) is 89.0 Å². The molecule has 0 radical (unpaired) electrons. The molecule has 0 aromatic heterocycles. The Kier molecular flexibility index (Phi) is 8.57. The van der Waals surface area contributed by atoms with Gasteiger partial charge in [-0.05, 0) is 136 Å². The Morgan fingerprint density at radius 2 is 0.754 bits per heavy atom. The molecule has 0 fully saturated rings. The largest absolute Gasteiger partial charge is 0.310 e. The van der Waals surface area contributed by atoms with Gasteiger partial charge in [0.15, 0.2) is 0 Å². The predicted octanol–water partition coefficient (Wildman–Crippen LogP) is 16.5. The number of rotatable bonds is 5. The number of para-hydroxylation sites is 1. The molecule has 3 aliphatic rings. The van der Waals surface area contributed by atoms with Gasteiger partial charge >= 0.3 is 0 Å². The Balaban J connectivity index is 1.12. The predicted molar refractivity (Wildman–Crippen MR) is 272 cm³/mol. The van der Waals surface area contributed by atoms with Crippen LogP contribution < -0.4 is 4.90 Å². The Bertz CT molecular complexity index is 3330. The van der Waals surface area contributed by atoms with Gasteiger partial charge in [0, 0.05) is 17.1 Å². The molecule has 2 unspecified atom stereocenters. The zero-order valence-corrected chi connectivity index (χ0v) is 38.2. The smallest absolute Gasteiger partial charge is 0.0726 e. The first-order chi connectivity index (χ1) is 31.5. The standard InChI is InChI=1S/C64H53N/c1-61(2,3)42-32-34-44(35-33-42)63(43-20-9-7-10-21-43)53-27-16-13-24-48(53)50-38-36-46(40-58(50)63)65(45-22-11-8-12-23-45)47-37-39-51-49-25-14-17-28-54(49)64(59(51)41-47)55-29-18-15-26-52(55)60-56(62(4,5)6)30-19-31-57(60)64/h7-41H,1-6H3. The van der Waals surface area contributed by atoms with Crippen LogP contribution in [0.3, 0.4) is 0 Å². The summed E-state index contributed by atoms with van der Waals surface area (Å²) in [7, 11) is 0.